The van der Waals surface area contributed by atoms with E-state index in [9.17, 15) is 25.9 Å². The van der Waals surface area contributed by atoms with Crippen LogP contribution in [0.5, 0.6) is 0 Å². The zero-order chi connectivity index (χ0) is 30.9. The molecule has 0 bridgehead atoms. The zero-order valence-corrected chi connectivity index (χ0v) is 24.2. The van der Waals surface area contributed by atoms with E-state index >= 15 is 0 Å². The predicted molar refractivity (Wildman–Crippen MR) is 162 cm³/mol. The monoisotopic (exact) mass is 626 g/mol. The molecular formula is C30H22N6O6S2. The van der Waals surface area contributed by atoms with Crippen molar-refractivity contribution in [2.45, 2.75) is 9.79 Å². The summed E-state index contributed by atoms with van der Waals surface area (Å²) in [5, 5.41) is 17.7. The van der Waals surface area contributed by atoms with Crippen LogP contribution in [-0.4, -0.2) is 55.9 Å². The lowest BCUT2D eigenvalue weighted by Crippen LogP contribution is -2.15. The zero-order valence-electron chi connectivity index (χ0n) is 22.6. The first kappa shape index (κ1) is 28.8. The van der Waals surface area contributed by atoms with Gasteiger partial charge in [0.2, 0.25) is 0 Å². The smallest absolute Gasteiger partial charge is 0.282 e. The molecule has 0 aliphatic carbocycles. The molecule has 2 N–H and O–H groups in total. The fourth-order valence-electron chi connectivity index (χ4n) is 4.60. The molecule has 2 aromatic heterocycles. The summed E-state index contributed by atoms with van der Waals surface area (Å²) in [7, 11) is -9.55. The Morgan fingerprint density at radius 3 is 1.68 bits per heavy atom. The van der Waals surface area contributed by atoms with Crippen molar-refractivity contribution in [2.24, 2.45) is 0 Å². The molecule has 12 nitrogen and oxygen atoms in total. The second-order valence-corrected chi connectivity index (χ2v) is 12.2. The van der Waals surface area contributed by atoms with Gasteiger partial charge in [0.1, 0.15) is 32.6 Å². The maximum Gasteiger partial charge on any atom is 0.297 e. The third kappa shape index (κ3) is 5.82. The lowest BCUT2D eigenvalue weighted by molar-refractivity contribution is 0.479. The Morgan fingerprint density at radius 2 is 1.09 bits per heavy atom. The van der Waals surface area contributed by atoms with Crippen molar-refractivity contribution in [1.29, 1.82) is 0 Å². The van der Waals surface area contributed by atoms with Gasteiger partial charge in [0.15, 0.2) is 0 Å². The van der Waals surface area contributed by atoms with Gasteiger partial charge in [-0.25, -0.2) is 0 Å². The molecule has 0 radical (unpaired) electrons. The Morgan fingerprint density at radius 1 is 0.568 bits per heavy atom. The molecule has 0 aliphatic rings. The van der Waals surface area contributed by atoms with Crippen molar-refractivity contribution in [3.63, 3.8) is 0 Å². The molecular weight excluding hydrogens is 605 g/mol. The number of rotatable bonds is 8. The molecule has 0 spiro atoms. The predicted octanol–water partition coefficient (Wildman–Crippen LogP) is 4.85. The van der Waals surface area contributed by atoms with Crippen LogP contribution in [0, 0.1) is 0 Å². The molecule has 0 amide bonds. The molecule has 2 heterocycles. The Hall–Kier alpha value is -5.28. The van der Waals surface area contributed by atoms with Crippen LogP contribution in [0.2, 0.25) is 0 Å². The SMILES string of the molecule is O=S(=O)(O)c1ccccc1C=Cc1ccc(-n2ncc(-c3ccccc3)n2)c(-n2ncc(-c3ccccc3)n2)c1S(=O)(=O)O. The van der Waals surface area contributed by atoms with Crippen molar-refractivity contribution >= 4 is 32.4 Å². The molecule has 14 heteroatoms. The van der Waals surface area contributed by atoms with E-state index in [0.717, 1.165) is 15.9 Å². The van der Waals surface area contributed by atoms with Crippen LogP contribution >= 0.6 is 0 Å². The lowest BCUT2D eigenvalue weighted by Gasteiger charge is -2.14. The molecule has 0 fully saturated rings. The third-order valence-electron chi connectivity index (χ3n) is 6.58. The maximum atomic E-state index is 13.0. The average Bonchev–Trinajstić information content (AvgIpc) is 3.71. The summed E-state index contributed by atoms with van der Waals surface area (Å²) < 4.78 is 70.1. The fraction of sp³-hybridized carbons (Fsp3) is 0. The fourth-order valence-corrected chi connectivity index (χ4v) is 6.15. The summed E-state index contributed by atoms with van der Waals surface area (Å²) in [5.74, 6) is 0. The number of hydrogen-bond acceptors (Lipinski definition) is 8. The van der Waals surface area contributed by atoms with Crippen molar-refractivity contribution in [3.8, 4) is 33.9 Å². The second-order valence-electron chi connectivity index (χ2n) is 9.44. The van der Waals surface area contributed by atoms with E-state index in [4.69, 9.17) is 0 Å². The quantitative estimate of drug-likeness (QED) is 0.176. The normalized spacial score (nSPS) is 12.1. The first-order valence-corrected chi connectivity index (χ1v) is 15.8. The van der Waals surface area contributed by atoms with Crippen LogP contribution in [0.3, 0.4) is 0 Å². The molecule has 0 aliphatic heterocycles. The van der Waals surface area contributed by atoms with Gasteiger partial charge in [0.05, 0.1) is 12.4 Å². The molecule has 44 heavy (non-hydrogen) atoms. The van der Waals surface area contributed by atoms with Crippen molar-refractivity contribution in [3.05, 3.63) is 121 Å². The van der Waals surface area contributed by atoms with Gasteiger partial charge >= 0.3 is 0 Å². The van der Waals surface area contributed by atoms with E-state index in [-0.39, 0.29) is 27.4 Å². The van der Waals surface area contributed by atoms with Gasteiger partial charge in [0.25, 0.3) is 20.2 Å². The standard InChI is InChI=1S/C30H22N6O6S2/c37-43(38,39)28-14-8-7-13-23(28)15-16-24-17-18-27(35-31-19-25(33-35)21-9-3-1-4-10-21)29(30(24)44(40,41)42)36-32-20-26(34-36)22-11-5-2-6-12-22/h1-20H,(H,37,38,39)(H,40,41,42). The van der Waals surface area contributed by atoms with Crippen molar-refractivity contribution in [1.82, 2.24) is 30.0 Å². The van der Waals surface area contributed by atoms with E-state index < -0.39 is 25.1 Å². The Kier molecular flexibility index (Phi) is 7.48. The van der Waals surface area contributed by atoms with Crippen molar-refractivity contribution < 1.29 is 25.9 Å². The molecule has 0 saturated heterocycles. The minimum atomic E-state index is -4.98. The number of aromatic nitrogens is 6. The summed E-state index contributed by atoms with van der Waals surface area (Å²) in [4.78, 5) is 1.32. The molecule has 6 aromatic rings. The molecule has 0 saturated carbocycles. The minimum absolute atomic E-state index is 0.0228. The van der Waals surface area contributed by atoms with Crippen LogP contribution < -0.4 is 0 Å². The Labute approximate surface area is 252 Å². The van der Waals surface area contributed by atoms with E-state index in [1.807, 2.05) is 60.7 Å². The average molecular weight is 627 g/mol. The first-order valence-electron chi connectivity index (χ1n) is 12.9. The second kappa shape index (κ2) is 11.4. The summed E-state index contributed by atoms with van der Waals surface area (Å²) in [5.41, 5.74) is 2.47. The largest absolute Gasteiger partial charge is 0.297 e. The molecule has 4 aromatic carbocycles. The van der Waals surface area contributed by atoms with E-state index in [2.05, 4.69) is 20.4 Å². The number of nitrogens with zero attached hydrogens (tertiary/aromatic N) is 6. The van der Waals surface area contributed by atoms with Gasteiger partial charge in [-0.2, -0.15) is 27.0 Å². The summed E-state index contributed by atoms with van der Waals surface area (Å²) >= 11 is 0. The Balaban J connectivity index is 1.58. The summed E-state index contributed by atoms with van der Waals surface area (Å²) in [6.07, 6.45) is 5.57. The molecule has 220 valence electrons. The van der Waals surface area contributed by atoms with Crippen LogP contribution in [-0.2, 0) is 20.2 Å². The highest BCUT2D eigenvalue weighted by molar-refractivity contribution is 7.86. The minimum Gasteiger partial charge on any atom is -0.282 e. The van der Waals surface area contributed by atoms with Gasteiger partial charge in [-0.1, -0.05) is 97.1 Å². The van der Waals surface area contributed by atoms with E-state index in [0.29, 0.717) is 11.4 Å². The third-order valence-corrected chi connectivity index (χ3v) is 8.45. The lowest BCUT2D eigenvalue weighted by atomic mass is 10.1. The topological polar surface area (TPSA) is 170 Å². The maximum absolute atomic E-state index is 13.0. The molecule has 0 unspecified atom stereocenters. The van der Waals surface area contributed by atoms with Crippen molar-refractivity contribution in [2.75, 3.05) is 0 Å². The van der Waals surface area contributed by atoms with Gasteiger partial charge in [0, 0.05) is 11.1 Å². The van der Waals surface area contributed by atoms with Crippen LogP contribution in [0.15, 0.2) is 119 Å². The molecule has 6 rings (SSSR count). The van der Waals surface area contributed by atoms with Crippen LogP contribution in [0.4, 0.5) is 0 Å². The summed E-state index contributed by atoms with van der Waals surface area (Å²) in [6, 6.07) is 26.9. The first-order chi connectivity index (χ1) is 21.1. The van der Waals surface area contributed by atoms with Crippen LogP contribution in [0.1, 0.15) is 11.1 Å². The number of benzene rings is 4. The highest BCUT2D eigenvalue weighted by Gasteiger charge is 2.27. The summed E-state index contributed by atoms with van der Waals surface area (Å²) in [6.45, 7) is 0. The van der Waals surface area contributed by atoms with Crippen LogP contribution in [0.25, 0.3) is 46.0 Å². The highest BCUT2D eigenvalue weighted by atomic mass is 32.2. The Bertz CT molecular complexity index is 2230. The highest BCUT2D eigenvalue weighted by Crippen LogP contribution is 2.32. The van der Waals surface area contributed by atoms with Gasteiger partial charge < -0.3 is 0 Å². The van der Waals surface area contributed by atoms with E-state index in [1.165, 1.54) is 59.7 Å². The molecule has 0 atom stereocenters. The van der Waals surface area contributed by atoms with Gasteiger partial charge in [-0.3, -0.25) is 9.11 Å². The van der Waals surface area contributed by atoms with Gasteiger partial charge in [-0.15, -0.1) is 19.8 Å². The van der Waals surface area contributed by atoms with E-state index in [1.54, 1.807) is 6.07 Å². The van der Waals surface area contributed by atoms with Gasteiger partial charge in [-0.05, 0) is 23.3 Å². The number of hydrogen-bond donors (Lipinski definition) is 2.